The van der Waals surface area contributed by atoms with E-state index in [1.165, 1.54) is 0 Å². The molecule has 0 aliphatic heterocycles. The van der Waals surface area contributed by atoms with E-state index in [1.54, 1.807) is 49.4 Å². The van der Waals surface area contributed by atoms with Crippen molar-refractivity contribution in [3.05, 3.63) is 64.1 Å². The molecule has 0 saturated heterocycles. The van der Waals surface area contributed by atoms with Crippen LogP contribution < -0.4 is 5.32 Å². The van der Waals surface area contributed by atoms with Gasteiger partial charge in [-0.25, -0.2) is 4.79 Å². The Labute approximate surface area is 131 Å². The molecular formula is C16H14BrNO3. The van der Waals surface area contributed by atoms with Gasteiger partial charge in [-0.05, 0) is 25.1 Å². The number of ketones is 1. The Morgan fingerprint density at radius 3 is 2.52 bits per heavy atom. The van der Waals surface area contributed by atoms with Gasteiger partial charge in [0, 0.05) is 15.6 Å². The summed E-state index contributed by atoms with van der Waals surface area (Å²) in [5.74, 6) is -0.163. The Kier molecular flexibility index (Phi) is 5.11. The second-order valence-electron chi connectivity index (χ2n) is 4.23. The van der Waals surface area contributed by atoms with Crippen LogP contribution in [0.1, 0.15) is 22.8 Å². The largest absolute Gasteiger partial charge is 0.450 e. The van der Waals surface area contributed by atoms with Crippen LogP contribution in [-0.4, -0.2) is 18.5 Å². The van der Waals surface area contributed by atoms with Gasteiger partial charge in [-0.1, -0.05) is 46.3 Å². The zero-order valence-corrected chi connectivity index (χ0v) is 13.0. The topological polar surface area (TPSA) is 55.4 Å². The van der Waals surface area contributed by atoms with Crippen LogP contribution in [-0.2, 0) is 4.74 Å². The number of benzene rings is 2. The van der Waals surface area contributed by atoms with Crippen LogP contribution in [0.15, 0.2) is 53.0 Å². The molecule has 0 fully saturated rings. The average molecular weight is 348 g/mol. The van der Waals surface area contributed by atoms with Crippen molar-refractivity contribution in [2.75, 3.05) is 11.9 Å². The Hall–Kier alpha value is -2.14. The third kappa shape index (κ3) is 3.92. The molecule has 0 aliphatic rings. The van der Waals surface area contributed by atoms with Gasteiger partial charge in [0.1, 0.15) is 0 Å². The minimum Gasteiger partial charge on any atom is -0.450 e. The van der Waals surface area contributed by atoms with Gasteiger partial charge in [0.25, 0.3) is 0 Å². The second-order valence-corrected chi connectivity index (χ2v) is 5.15. The highest BCUT2D eigenvalue weighted by Gasteiger charge is 2.16. The van der Waals surface area contributed by atoms with Gasteiger partial charge in [0.2, 0.25) is 0 Å². The maximum atomic E-state index is 12.5. The monoisotopic (exact) mass is 347 g/mol. The van der Waals surface area contributed by atoms with Crippen molar-refractivity contribution >= 4 is 33.5 Å². The number of anilines is 1. The van der Waals surface area contributed by atoms with Gasteiger partial charge in [-0.2, -0.15) is 0 Å². The van der Waals surface area contributed by atoms with Crippen molar-refractivity contribution in [3.8, 4) is 0 Å². The molecule has 108 valence electrons. The van der Waals surface area contributed by atoms with E-state index in [0.717, 1.165) is 4.47 Å². The van der Waals surface area contributed by atoms with E-state index >= 15 is 0 Å². The number of carbonyl (C=O) groups excluding carboxylic acids is 2. The standard InChI is InChI=1S/C16H14BrNO3/c1-2-21-16(20)18-14-9-8-12(17)10-13(14)15(19)11-6-4-3-5-7-11/h3-10H,2H2,1H3,(H,18,20). The summed E-state index contributed by atoms with van der Waals surface area (Å²) in [6.45, 7) is 1.99. The Morgan fingerprint density at radius 1 is 1.14 bits per heavy atom. The summed E-state index contributed by atoms with van der Waals surface area (Å²) in [7, 11) is 0. The molecule has 0 bridgehead atoms. The van der Waals surface area contributed by atoms with Gasteiger partial charge >= 0.3 is 6.09 Å². The van der Waals surface area contributed by atoms with Gasteiger partial charge in [-0.3, -0.25) is 10.1 Å². The van der Waals surface area contributed by atoms with E-state index in [0.29, 0.717) is 16.8 Å². The summed E-state index contributed by atoms with van der Waals surface area (Å²) in [5, 5.41) is 2.59. The van der Waals surface area contributed by atoms with Crippen molar-refractivity contribution in [3.63, 3.8) is 0 Å². The first kappa shape index (κ1) is 15.3. The smallest absolute Gasteiger partial charge is 0.411 e. The molecule has 0 radical (unpaired) electrons. The predicted molar refractivity (Wildman–Crippen MR) is 84.7 cm³/mol. The summed E-state index contributed by atoms with van der Waals surface area (Å²) < 4.78 is 5.60. The molecule has 0 saturated carbocycles. The number of halogens is 1. The van der Waals surface area contributed by atoms with Crippen LogP contribution in [0.25, 0.3) is 0 Å². The Balaban J connectivity index is 2.35. The normalized spacial score (nSPS) is 10.0. The lowest BCUT2D eigenvalue weighted by atomic mass is 10.0. The number of rotatable bonds is 4. The van der Waals surface area contributed by atoms with E-state index < -0.39 is 6.09 Å². The predicted octanol–water partition coefficient (Wildman–Crippen LogP) is 4.25. The molecule has 0 aliphatic carbocycles. The molecule has 1 amide bonds. The maximum Gasteiger partial charge on any atom is 0.411 e. The van der Waals surface area contributed by atoms with E-state index in [1.807, 2.05) is 6.07 Å². The van der Waals surface area contributed by atoms with Gasteiger partial charge in [-0.15, -0.1) is 0 Å². The first-order valence-corrected chi connectivity index (χ1v) is 7.24. The average Bonchev–Trinajstić information content (AvgIpc) is 2.49. The van der Waals surface area contributed by atoms with Gasteiger partial charge in [0.15, 0.2) is 5.78 Å². The van der Waals surface area contributed by atoms with Gasteiger partial charge in [0.05, 0.1) is 12.3 Å². The Morgan fingerprint density at radius 2 is 1.86 bits per heavy atom. The molecular weight excluding hydrogens is 334 g/mol. The lowest BCUT2D eigenvalue weighted by Gasteiger charge is -2.11. The highest BCUT2D eigenvalue weighted by Crippen LogP contribution is 2.24. The fourth-order valence-electron chi connectivity index (χ4n) is 1.84. The van der Waals surface area contributed by atoms with Crippen LogP contribution in [0, 0.1) is 0 Å². The maximum absolute atomic E-state index is 12.5. The second kappa shape index (κ2) is 7.04. The fraction of sp³-hybridized carbons (Fsp3) is 0.125. The fourth-order valence-corrected chi connectivity index (χ4v) is 2.20. The molecule has 0 heterocycles. The molecule has 21 heavy (non-hydrogen) atoms. The summed E-state index contributed by atoms with van der Waals surface area (Å²) in [6.07, 6.45) is -0.582. The van der Waals surface area contributed by atoms with Crippen molar-refractivity contribution < 1.29 is 14.3 Å². The number of hydrogen-bond acceptors (Lipinski definition) is 3. The van der Waals surface area contributed by atoms with Crippen LogP contribution >= 0.6 is 15.9 Å². The number of hydrogen-bond donors (Lipinski definition) is 1. The summed E-state index contributed by atoms with van der Waals surface area (Å²) in [4.78, 5) is 24.1. The van der Waals surface area contributed by atoms with Crippen molar-refractivity contribution in [1.29, 1.82) is 0 Å². The quantitative estimate of drug-likeness (QED) is 0.841. The lowest BCUT2D eigenvalue weighted by Crippen LogP contribution is -2.16. The molecule has 4 nitrogen and oxygen atoms in total. The van der Waals surface area contributed by atoms with Crippen LogP contribution in [0.5, 0.6) is 0 Å². The molecule has 0 atom stereocenters. The van der Waals surface area contributed by atoms with Crippen LogP contribution in [0.3, 0.4) is 0 Å². The van der Waals surface area contributed by atoms with Crippen LogP contribution in [0.2, 0.25) is 0 Å². The summed E-state index contributed by atoms with van der Waals surface area (Å²) in [5.41, 5.74) is 1.39. The van der Waals surface area contributed by atoms with E-state index in [4.69, 9.17) is 4.74 Å². The van der Waals surface area contributed by atoms with Crippen molar-refractivity contribution in [1.82, 2.24) is 0 Å². The van der Waals surface area contributed by atoms with Crippen molar-refractivity contribution in [2.24, 2.45) is 0 Å². The molecule has 5 heteroatoms. The minimum absolute atomic E-state index is 0.163. The first-order chi connectivity index (χ1) is 10.1. The molecule has 1 N–H and O–H groups in total. The SMILES string of the molecule is CCOC(=O)Nc1ccc(Br)cc1C(=O)c1ccccc1. The minimum atomic E-state index is -0.582. The summed E-state index contributed by atoms with van der Waals surface area (Å²) in [6, 6.07) is 14.0. The lowest BCUT2D eigenvalue weighted by molar-refractivity contribution is 0.103. The molecule has 0 aromatic heterocycles. The summed E-state index contributed by atoms with van der Waals surface area (Å²) >= 11 is 3.34. The first-order valence-electron chi connectivity index (χ1n) is 6.45. The zero-order valence-electron chi connectivity index (χ0n) is 11.4. The number of ether oxygens (including phenoxy) is 1. The van der Waals surface area contributed by atoms with E-state index in [9.17, 15) is 9.59 Å². The van der Waals surface area contributed by atoms with Crippen molar-refractivity contribution in [2.45, 2.75) is 6.92 Å². The van der Waals surface area contributed by atoms with Crippen LogP contribution in [0.4, 0.5) is 10.5 Å². The molecule has 0 unspecified atom stereocenters. The number of amides is 1. The number of carbonyl (C=O) groups is 2. The Bertz CT molecular complexity index is 656. The van der Waals surface area contributed by atoms with Gasteiger partial charge < -0.3 is 4.74 Å². The van der Waals surface area contributed by atoms with E-state index in [2.05, 4.69) is 21.2 Å². The van der Waals surface area contributed by atoms with E-state index in [-0.39, 0.29) is 12.4 Å². The highest BCUT2D eigenvalue weighted by molar-refractivity contribution is 9.10. The molecule has 0 spiro atoms. The number of nitrogens with one attached hydrogen (secondary N) is 1. The zero-order chi connectivity index (χ0) is 15.2. The third-order valence-corrected chi connectivity index (χ3v) is 3.27. The molecule has 2 rings (SSSR count). The third-order valence-electron chi connectivity index (χ3n) is 2.77. The molecule has 2 aromatic carbocycles. The molecule has 2 aromatic rings. The highest BCUT2D eigenvalue weighted by atomic mass is 79.9.